The van der Waals surface area contributed by atoms with Crippen LogP contribution in [0.1, 0.15) is 15.9 Å². The fraction of sp³-hybridized carbons (Fsp3) is 0.111. The second-order valence-electron chi connectivity index (χ2n) is 4.57. The number of para-hydroxylation sites is 1. The van der Waals surface area contributed by atoms with Crippen molar-refractivity contribution in [3.63, 3.8) is 0 Å². The molecule has 5 heteroatoms. The summed E-state index contributed by atoms with van der Waals surface area (Å²) in [6.45, 7) is 0.126. The number of carbonyl (C=O) groups is 2. The van der Waals surface area contributed by atoms with Crippen LogP contribution in [0.25, 0.3) is 6.08 Å². The van der Waals surface area contributed by atoms with Crippen LogP contribution in [0.3, 0.4) is 0 Å². The molecule has 1 amide bonds. The summed E-state index contributed by atoms with van der Waals surface area (Å²) in [6.07, 6.45) is 2.95. The highest BCUT2D eigenvalue weighted by Gasteiger charge is 2.13. The van der Waals surface area contributed by atoms with Crippen LogP contribution in [-0.2, 0) is 9.47 Å². The van der Waals surface area contributed by atoms with Gasteiger partial charge in [-0.15, -0.1) is 0 Å². The molecule has 2 rings (SSSR count). The van der Waals surface area contributed by atoms with E-state index >= 15 is 0 Å². The third-order valence-electron chi connectivity index (χ3n) is 2.99. The van der Waals surface area contributed by atoms with E-state index in [9.17, 15) is 9.59 Å². The number of hydrogen-bond donors (Lipinski definition) is 1. The number of nitrogens with one attached hydrogen (secondary N) is 1. The molecule has 23 heavy (non-hydrogen) atoms. The standard InChI is InChI=1S/C18H17NO4/c1-22-17(20)15-11-5-6-12-16(15)19-18(21)23-13-7-10-14-8-3-2-4-9-14/h2-12H,13H2,1H3,(H,19,21). The first-order valence-electron chi connectivity index (χ1n) is 7.03. The van der Waals surface area contributed by atoms with Crippen LogP contribution in [0.15, 0.2) is 60.7 Å². The molecule has 0 aliphatic carbocycles. The largest absolute Gasteiger partial charge is 0.465 e. The minimum Gasteiger partial charge on any atom is -0.465 e. The van der Waals surface area contributed by atoms with Gasteiger partial charge >= 0.3 is 12.1 Å². The molecule has 5 nitrogen and oxygen atoms in total. The van der Waals surface area contributed by atoms with Gasteiger partial charge < -0.3 is 9.47 Å². The number of amides is 1. The van der Waals surface area contributed by atoms with Gasteiger partial charge in [-0.2, -0.15) is 0 Å². The topological polar surface area (TPSA) is 64.6 Å². The zero-order valence-corrected chi connectivity index (χ0v) is 12.7. The summed E-state index contributed by atoms with van der Waals surface area (Å²) >= 11 is 0. The number of anilines is 1. The summed E-state index contributed by atoms with van der Waals surface area (Å²) in [5.41, 5.74) is 1.63. The number of hydrogen-bond acceptors (Lipinski definition) is 4. The van der Waals surface area contributed by atoms with E-state index in [4.69, 9.17) is 4.74 Å². The van der Waals surface area contributed by atoms with Crippen LogP contribution < -0.4 is 5.32 Å². The van der Waals surface area contributed by atoms with Crippen LogP contribution in [0.5, 0.6) is 0 Å². The molecule has 1 N–H and O–H groups in total. The minimum atomic E-state index is -0.640. The molecule has 2 aromatic rings. The zero-order chi connectivity index (χ0) is 16.5. The van der Waals surface area contributed by atoms with E-state index in [1.54, 1.807) is 30.3 Å². The first-order chi connectivity index (χ1) is 11.2. The maximum atomic E-state index is 11.8. The van der Waals surface area contributed by atoms with E-state index in [-0.39, 0.29) is 12.2 Å². The average Bonchev–Trinajstić information content (AvgIpc) is 2.59. The van der Waals surface area contributed by atoms with Crippen LogP contribution >= 0.6 is 0 Å². The van der Waals surface area contributed by atoms with Crippen molar-refractivity contribution in [1.29, 1.82) is 0 Å². The third kappa shape index (κ3) is 5.00. The Hall–Kier alpha value is -3.08. The van der Waals surface area contributed by atoms with E-state index in [1.807, 2.05) is 36.4 Å². The minimum absolute atomic E-state index is 0.126. The maximum Gasteiger partial charge on any atom is 0.411 e. The predicted octanol–water partition coefficient (Wildman–Crippen LogP) is 3.74. The van der Waals surface area contributed by atoms with E-state index in [2.05, 4.69) is 10.1 Å². The average molecular weight is 311 g/mol. The summed E-state index contributed by atoms with van der Waals surface area (Å²) in [4.78, 5) is 23.4. The second kappa shape index (κ2) is 8.38. The van der Waals surface area contributed by atoms with Gasteiger partial charge in [0.05, 0.1) is 18.4 Å². The van der Waals surface area contributed by atoms with Crippen LogP contribution in [0.2, 0.25) is 0 Å². The molecule has 0 unspecified atom stereocenters. The summed E-state index contributed by atoms with van der Waals surface area (Å²) in [5.74, 6) is -0.523. The van der Waals surface area contributed by atoms with Crippen molar-refractivity contribution in [3.8, 4) is 0 Å². The van der Waals surface area contributed by atoms with Gasteiger partial charge in [0, 0.05) is 0 Å². The zero-order valence-electron chi connectivity index (χ0n) is 12.7. The van der Waals surface area contributed by atoms with Crippen molar-refractivity contribution in [2.75, 3.05) is 19.0 Å². The lowest BCUT2D eigenvalue weighted by Gasteiger charge is -2.09. The van der Waals surface area contributed by atoms with Gasteiger partial charge in [0.1, 0.15) is 6.61 Å². The van der Waals surface area contributed by atoms with Crippen LogP contribution in [0, 0.1) is 0 Å². The normalized spacial score (nSPS) is 10.3. The Balaban J connectivity index is 1.88. The molecule has 2 aromatic carbocycles. The molecule has 0 bridgehead atoms. The van der Waals surface area contributed by atoms with E-state index in [1.165, 1.54) is 7.11 Å². The predicted molar refractivity (Wildman–Crippen MR) is 88.2 cm³/mol. The molecule has 0 aliphatic rings. The number of carbonyl (C=O) groups excluding carboxylic acids is 2. The Labute approximate surface area is 134 Å². The van der Waals surface area contributed by atoms with Crippen molar-refractivity contribution in [3.05, 3.63) is 71.8 Å². The molecule has 0 aliphatic heterocycles. The van der Waals surface area contributed by atoms with Crippen LogP contribution in [0.4, 0.5) is 10.5 Å². The first kappa shape index (κ1) is 16.3. The fourth-order valence-electron chi connectivity index (χ4n) is 1.90. The van der Waals surface area contributed by atoms with Gasteiger partial charge in [0.25, 0.3) is 0 Å². The van der Waals surface area contributed by atoms with Gasteiger partial charge in [-0.3, -0.25) is 5.32 Å². The molecule has 0 atom stereocenters. The van der Waals surface area contributed by atoms with Gasteiger partial charge in [-0.05, 0) is 23.8 Å². The van der Waals surface area contributed by atoms with Crippen molar-refractivity contribution in [1.82, 2.24) is 0 Å². The van der Waals surface area contributed by atoms with Crippen molar-refractivity contribution in [2.45, 2.75) is 0 Å². The summed E-state index contributed by atoms with van der Waals surface area (Å²) in [6, 6.07) is 16.2. The lowest BCUT2D eigenvalue weighted by molar-refractivity contribution is 0.0602. The smallest absolute Gasteiger partial charge is 0.411 e. The quantitative estimate of drug-likeness (QED) is 0.854. The highest BCUT2D eigenvalue weighted by atomic mass is 16.5. The Morgan fingerprint density at radius 3 is 2.48 bits per heavy atom. The molecule has 0 radical (unpaired) electrons. The van der Waals surface area contributed by atoms with Crippen LogP contribution in [-0.4, -0.2) is 25.8 Å². The van der Waals surface area contributed by atoms with E-state index in [0.29, 0.717) is 5.69 Å². The number of methoxy groups -OCH3 is 1. The Morgan fingerprint density at radius 2 is 1.74 bits per heavy atom. The molecule has 0 spiro atoms. The lowest BCUT2D eigenvalue weighted by Crippen LogP contribution is -2.16. The van der Waals surface area contributed by atoms with Gasteiger partial charge in [0.2, 0.25) is 0 Å². The summed E-state index contributed by atoms with van der Waals surface area (Å²) in [5, 5.41) is 2.53. The Morgan fingerprint density at radius 1 is 1.04 bits per heavy atom. The highest BCUT2D eigenvalue weighted by molar-refractivity contribution is 5.99. The SMILES string of the molecule is COC(=O)c1ccccc1NC(=O)OCC=Cc1ccccc1. The maximum absolute atomic E-state index is 11.8. The van der Waals surface area contributed by atoms with Crippen molar-refractivity contribution < 1.29 is 19.1 Å². The molecule has 0 heterocycles. The third-order valence-corrected chi connectivity index (χ3v) is 2.99. The molecular weight excluding hydrogens is 294 g/mol. The van der Waals surface area contributed by atoms with Gasteiger partial charge in [-0.1, -0.05) is 48.5 Å². The van der Waals surface area contributed by atoms with E-state index < -0.39 is 12.1 Å². The number of rotatable bonds is 5. The molecule has 0 aromatic heterocycles. The first-order valence-corrected chi connectivity index (χ1v) is 7.03. The molecule has 0 saturated carbocycles. The Kier molecular flexibility index (Phi) is 5.94. The molecule has 118 valence electrons. The highest BCUT2D eigenvalue weighted by Crippen LogP contribution is 2.16. The Bertz CT molecular complexity index is 695. The van der Waals surface area contributed by atoms with Crippen molar-refractivity contribution in [2.24, 2.45) is 0 Å². The van der Waals surface area contributed by atoms with E-state index in [0.717, 1.165) is 5.56 Å². The molecule has 0 fully saturated rings. The number of ether oxygens (including phenoxy) is 2. The lowest BCUT2D eigenvalue weighted by atomic mass is 10.2. The molecular formula is C18H17NO4. The summed E-state index contributed by atoms with van der Waals surface area (Å²) < 4.78 is 9.71. The second-order valence-corrected chi connectivity index (χ2v) is 4.57. The van der Waals surface area contributed by atoms with Gasteiger partial charge in [0.15, 0.2) is 0 Å². The fourth-order valence-corrected chi connectivity index (χ4v) is 1.90. The molecule has 0 saturated heterocycles. The number of esters is 1. The number of benzene rings is 2. The van der Waals surface area contributed by atoms with Crippen molar-refractivity contribution >= 4 is 23.8 Å². The summed E-state index contributed by atoms with van der Waals surface area (Å²) in [7, 11) is 1.28. The van der Waals surface area contributed by atoms with Gasteiger partial charge in [-0.25, -0.2) is 9.59 Å². The monoisotopic (exact) mass is 311 g/mol.